The molecular weight excluding hydrogens is 495 g/mol. The first-order valence-electron chi connectivity index (χ1n) is 8.80. The van der Waals surface area contributed by atoms with Crippen LogP contribution in [0.1, 0.15) is 5.56 Å². The molecule has 3 aromatic carbocycles. The third-order valence-corrected chi connectivity index (χ3v) is 6.73. The number of nitrogens with zero attached hydrogens (tertiary/aromatic N) is 1. The van der Waals surface area contributed by atoms with Crippen molar-refractivity contribution in [2.75, 3.05) is 11.9 Å². The number of nitrogens with one attached hydrogen (secondary N) is 1. The maximum absolute atomic E-state index is 14.0. The Kier molecular flexibility index (Phi) is 7.25. The number of hydrogen-bond acceptors (Lipinski definition) is 3. The fourth-order valence-electron chi connectivity index (χ4n) is 2.71. The molecule has 3 rings (SSSR count). The van der Waals surface area contributed by atoms with E-state index < -0.39 is 28.3 Å². The van der Waals surface area contributed by atoms with Crippen molar-refractivity contribution in [3.63, 3.8) is 0 Å². The number of rotatable bonds is 7. The lowest BCUT2D eigenvalue weighted by molar-refractivity contribution is -0.116. The fraction of sp³-hybridized carbons (Fsp3) is 0.0952. The summed E-state index contributed by atoms with van der Waals surface area (Å²) in [7, 11) is -4.01. The molecular formula is C21H17BrClFN2O3S. The molecule has 0 aliphatic rings. The lowest BCUT2D eigenvalue weighted by Gasteiger charge is -2.22. The fourth-order valence-corrected chi connectivity index (χ4v) is 4.55. The molecule has 30 heavy (non-hydrogen) atoms. The molecule has 0 saturated heterocycles. The monoisotopic (exact) mass is 510 g/mol. The van der Waals surface area contributed by atoms with Gasteiger partial charge >= 0.3 is 0 Å². The average molecular weight is 512 g/mol. The second-order valence-corrected chi connectivity index (χ2v) is 9.68. The Labute approximate surface area is 187 Å². The van der Waals surface area contributed by atoms with E-state index in [9.17, 15) is 17.6 Å². The van der Waals surface area contributed by atoms with Crippen LogP contribution in [0.5, 0.6) is 0 Å². The summed E-state index contributed by atoms with van der Waals surface area (Å²) in [6.07, 6.45) is 0. The largest absolute Gasteiger partial charge is 0.322 e. The SMILES string of the molecule is O=C(CN(Cc1ccccc1)S(=O)(=O)c1ccc(Cl)cc1)Nc1ccc(Br)cc1F. The van der Waals surface area contributed by atoms with Gasteiger partial charge in [0, 0.05) is 16.0 Å². The van der Waals surface area contributed by atoms with Crippen LogP contribution in [0.3, 0.4) is 0 Å². The predicted molar refractivity (Wildman–Crippen MR) is 118 cm³/mol. The minimum atomic E-state index is -4.01. The Morgan fingerprint density at radius 2 is 1.70 bits per heavy atom. The first kappa shape index (κ1) is 22.4. The van der Waals surface area contributed by atoms with Crippen molar-refractivity contribution in [1.82, 2.24) is 4.31 Å². The number of carbonyl (C=O) groups excluding carboxylic acids is 1. The highest BCUT2D eigenvalue weighted by molar-refractivity contribution is 9.10. The lowest BCUT2D eigenvalue weighted by atomic mass is 10.2. The molecule has 1 amide bonds. The van der Waals surface area contributed by atoms with Crippen LogP contribution in [0.25, 0.3) is 0 Å². The molecule has 0 radical (unpaired) electrons. The van der Waals surface area contributed by atoms with Crippen LogP contribution in [0.4, 0.5) is 10.1 Å². The number of halogens is 3. The molecule has 5 nitrogen and oxygen atoms in total. The van der Waals surface area contributed by atoms with Crippen molar-refractivity contribution in [3.05, 3.63) is 93.7 Å². The second-order valence-electron chi connectivity index (χ2n) is 6.38. The van der Waals surface area contributed by atoms with Crippen LogP contribution in [0, 0.1) is 5.82 Å². The van der Waals surface area contributed by atoms with Gasteiger partial charge in [0.1, 0.15) is 5.82 Å². The average Bonchev–Trinajstić information content (AvgIpc) is 2.71. The van der Waals surface area contributed by atoms with Gasteiger partial charge in [-0.15, -0.1) is 0 Å². The van der Waals surface area contributed by atoms with Crippen molar-refractivity contribution < 1.29 is 17.6 Å². The molecule has 3 aromatic rings. The van der Waals surface area contributed by atoms with Gasteiger partial charge in [-0.2, -0.15) is 4.31 Å². The normalized spacial score (nSPS) is 11.5. The Bertz CT molecular complexity index is 1140. The van der Waals surface area contributed by atoms with Gasteiger partial charge in [0.15, 0.2) is 0 Å². The molecule has 0 atom stereocenters. The summed E-state index contributed by atoms with van der Waals surface area (Å²) >= 11 is 9.01. The van der Waals surface area contributed by atoms with E-state index in [0.717, 1.165) is 4.31 Å². The zero-order valence-electron chi connectivity index (χ0n) is 15.6. The number of carbonyl (C=O) groups is 1. The minimum Gasteiger partial charge on any atom is -0.322 e. The molecule has 0 fully saturated rings. The van der Waals surface area contributed by atoms with Crippen LogP contribution in [-0.2, 0) is 21.4 Å². The van der Waals surface area contributed by atoms with E-state index in [2.05, 4.69) is 21.2 Å². The van der Waals surface area contributed by atoms with Gasteiger partial charge in [-0.3, -0.25) is 4.79 Å². The molecule has 0 aliphatic carbocycles. The maximum Gasteiger partial charge on any atom is 0.243 e. The molecule has 0 heterocycles. The van der Waals surface area contributed by atoms with Crippen LogP contribution in [0.2, 0.25) is 5.02 Å². The first-order valence-corrected chi connectivity index (χ1v) is 11.4. The number of sulfonamides is 1. The smallest absolute Gasteiger partial charge is 0.243 e. The molecule has 0 aliphatic heterocycles. The molecule has 0 aromatic heterocycles. The molecule has 156 valence electrons. The predicted octanol–water partition coefficient (Wildman–Crippen LogP) is 5.07. The second kappa shape index (κ2) is 9.70. The van der Waals surface area contributed by atoms with Gasteiger partial charge in [0.05, 0.1) is 17.1 Å². The quantitative estimate of drug-likeness (QED) is 0.482. The van der Waals surface area contributed by atoms with Crippen LogP contribution >= 0.6 is 27.5 Å². The number of benzene rings is 3. The zero-order chi connectivity index (χ0) is 21.7. The Morgan fingerprint density at radius 1 is 1.03 bits per heavy atom. The van der Waals surface area contributed by atoms with Gasteiger partial charge in [-0.25, -0.2) is 12.8 Å². The van der Waals surface area contributed by atoms with E-state index >= 15 is 0 Å². The highest BCUT2D eigenvalue weighted by Gasteiger charge is 2.27. The topological polar surface area (TPSA) is 66.5 Å². The Hall–Kier alpha value is -2.26. The molecule has 0 bridgehead atoms. The third kappa shape index (κ3) is 5.66. The summed E-state index contributed by atoms with van der Waals surface area (Å²) in [4.78, 5) is 12.6. The number of anilines is 1. The van der Waals surface area contributed by atoms with Crippen molar-refractivity contribution in [2.24, 2.45) is 0 Å². The molecule has 0 unspecified atom stereocenters. The van der Waals surface area contributed by atoms with Crippen molar-refractivity contribution in [2.45, 2.75) is 11.4 Å². The minimum absolute atomic E-state index is 0.00505. The highest BCUT2D eigenvalue weighted by Crippen LogP contribution is 2.22. The van der Waals surface area contributed by atoms with Gasteiger partial charge in [0.2, 0.25) is 15.9 Å². The zero-order valence-corrected chi connectivity index (χ0v) is 18.7. The highest BCUT2D eigenvalue weighted by atomic mass is 79.9. The van der Waals surface area contributed by atoms with Gasteiger partial charge < -0.3 is 5.32 Å². The van der Waals surface area contributed by atoms with Crippen LogP contribution < -0.4 is 5.32 Å². The van der Waals surface area contributed by atoms with E-state index in [0.29, 0.717) is 15.1 Å². The van der Waals surface area contributed by atoms with Gasteiger partial charge in [-0.1, -0.05) is 57.9 Å². The van der Waals surface area contributed by atoms with E-state index in [-0.39, 0.29) is 17.1 Å². The molecule has 0 spiro atoms. The van der Waals surface area contributed by atoms with Gasteiger partial charge in [0.25, 0.3) is 0 Å². The lowest BCUT2D eigenvalue weighted by Crippen LogP contribution is -2.37. The summed E-state index contributed by atoms with van der Waals surface area (Å²) in [6.45, 7) is -0.516. The van der Waals surface area contributed by atoms with E-state index in [1.807, 2.05) is 6.07 Å². The Balaban J connectivity index is 1.87. The van der Waals surface area contributed by atoms with Gasteiger partial charge in [-0.05, 0) is 48.0 Å². The molecule has 9 heteroatoms. The maximum atomic E-state index is 14.0. The van der Waals surface area contributed by atoms with Crippen molar-refractivity contribution in [1.29, 1.82) is 0 Å². The third-order valence-electron chi connectivity index (χ3n) is 4.18. The molecule has 0 saturated carbocycles. The first-order chi connectivity index (χ1) is 14.3. The summed E-state index contributed by atoms with van der Waals surface area (Å²) in [5.41, 5.74) is 0.671. The van der Waals surface area contributed by atoms with Crippen molar-refractivity contribution >= 4 is 49.1 Å². The Morgan fingerprint density at radius 3 is 2.33 bits per heavy atom. The van der Waals surface area contributed by atoms with E-state index in [1.54, 1.807) is 30.3 Å². The van der Waals surface area contributed by atoms with E-state index in [1.165, 1.54) is 36.4 Å². The van der Waals surface area contributed by atoms with E-state index in [4.69, 9.17) is 11.6 Å². The number of hydrogen-bond donors (Lipinski definition) is 1. The standard InChI is InChI=1S/C21H17BrClFN2O3S/c22-16-6-11-20(19(24)12-16)25-21(27)14-26(13-15-4-2-1-3-5-15)30(28,29)18-9-7-17(23)8-10-18/h1-12H,13-14H2,(H,25,27). The summed E-state index contributed by atoms with van der Waals surface area (Å²) in [5, 5.41) is 2.82. The van der Waals surface area contributed by atoms with Crippen LogP contribution in [0.15, 0.2) is 82.2 Å². The van der Waals surface area contributed by atoms with Crippen LogP contribution in [-0.4, -0.2) is 25.2 Å². The summed E-state index contributed by atoms with van der Waals surface area (Å²) in [5.74, 6) is -1.29. The molecule has 1 N–H and O–H groups in total. The van der Waals surface area contributed by atoms with Crippen molar-refractivity contribution in [3.8, 4) is 0 Å². The summed E-state index contributed by atoms with van der Waals surface area (Å²) < 4.78 is 41.9. The summed E-state index contributed by atoms with van der Waals surface area (Å²) in [6, 6.07) is 18.7. The number of amides is 1.